The zero-order chi connectivity index (χ0) is 10.8. The summed E-state index contributed by atoms with van der Waals surface area (Å²) >= 11 is 0. The van der Waals surface area contributed by atoms with Crippen LogP contribution < -0.4 is 0 Å². The maximum Gasteiger partial charge on any atom is 0.315 e. The van der Waals surface area contributed by atoms with Gasteiger partial charge >= 0.3 is 5.97 Å². The van der Waals surface area contributed by atoms with Crippen molar-refractivity contribution < 1.29 is 9.53 Å². The van der Waals surface area contributed by atoms with Crippen LogP contribution in [0, 0.1) is 5.92 Å². The molecule has 2 nitrogen and oxygen atoms in total. The summed E-state index contributed by atoms with van der Waals surface area (Å²) in [6.07, 6.45) is 8.25. The third-order valence-corrected chi connectivity index (χ3v) is 1.82. The monoisotopic (exact) mass is 194 g/mol. The van der Waals surface area contributed by atoms with E-state index in [1.165, 1.54) is 6.26 Å². The highest BCUT2D eigenvalue weighted by atomic mass is 16.5. The van der Waals surface area contributed by atoms with Gasteiger partial charge in [-0.3, -0.25) is 4.79 Å². The predicted molar refractivity (Wildman–Crippen MR) is 57.6 cm³/mol. The molecule has 0 fully saturated rings. The number of esters is 1. The fraction of sp³-hybridized carbons (Fsp3) is 0.500. The van der Waals surface area contributed by atoms with Gasteiger partial charge in [0, 0.05) is 0 Å². The zero-order valence-electron chi connectivity index (χ0n) is 9.12. The molecule has 0 aliphatic heterocycles. The molecule has 0 heterocycles. The van der Waals surface area contributed by atoms with Crippen LogP contribution in [0.2, 0.25) is 0 Å². The Morgan fingerprint density at radius 3 is 2.86 bits per heavy atom. The van der Waals surface area contributed by atoms with Crippen molar-refractivity contribution in [3.63, 3.8) is 0 Å². The van der Waals surface area contributed by atoms with Crippen molar-refractivity contribution in [1.82, 2.24) is 0 Å². The van der Waals surface area contributed by atoms with Gasteiger partial charge in [0.05, 0.1) is 6.42 Å². The first-order valence-electron chi connectivity index (χ1n) is 4.92. The van der Waals surface area contributed by atoms with E-state index in [-0.39, 0.29) is 5.97 Å². The van der Waals surface area contributed by atoms with Crippen LogP contribution in [0.4, 0.5) is 0 Å². The Morgan fingerprint density at radius 1 is 1.57 bits per heavy atom. The third-order valence-electron chi connectivity index (χ3n) is 1.82. The van der Waals surface area contributed by atoms with Gasteiger partial charge in [-0.25, -0.2) is 0 Å². The molecular formula is C12H18O2. The molecule has 2 heteroatoms. The molecule has 78 valence electrons. The molecule has 0 saturated heterocycles. The highest BCUT2D eigenvalue weighted by Gasteiger charge is 1.96. The molecule has 0 aliphatic carbocycles. The Kier molecular flexibility index (Phi) is 7.58. The minimum atomic E-state index is -0.251. The molecule has 0 aliphatic rings. The normalized spacial score (nSPS) is 11.9. The summed E-state index contributed by atoms with van der Waals surface area (Å²) in [4.78, 5) is 11.0. The zero-order valence-corrected chi connectivity index (χ0v) is 9.12. The number of allylic oxidation sites excluding steroid dienone is 2. The summed E-state index contributed by atoms with van der Waals surface area (Å²) in [5.74, 6) is 0.271. The Morgan fingerprint density at radius 2 is 2.29 bits per heavy atom. The SMILES string of the molecule is CC=C=COC(=O)CC=CC(C)CC. The molecule has 1 atom stereocenters. The van der Waals surface area contributed by atoms with Gasteiger partial charge in [-0.15, -0.1) is 0 Å². The Bertz CT molecular complexity index is 245. The van der Waals surface area contributed by atoms with Crippen molar-refractivity contribution in [1.29, 1.82) is 0 Å². The fourth-order valence-electron chi connectivity index (χ4n) is 0.749. The smallest absolute Gasteiger partial charge is 0.315 e. The minimum Gasteiger partial charge on any atom is -0.426 e. The average molecular weight is 194 g/mol. The maximum atomic E-state index is 11.0. The van der Waals surface area contributed by atoms with Crippen molar-refractivity contribution in [2.75, 3.05) is 0 Å². The minimum absolute atomic E-state index is 0.251. The lowest BCUT2D eigenvalue weighted by atomic mass is 10.1. The van der Waals surface area contributed by atoms with E-state index in [1.54, 1.807) is 6.08 Å². The van der Waals surface area contributed by atoms with Gasteiger partial charge in [-0.05, 0) is 18.9 Å². The van der Waals surface area contributed by atoms with Crippen LogP contribution in [-0.2, 0) is 9.53 Å². The average Bonchev–Trinajstić information content (AvgIpc) is 2.18. The van der Waals surface area contributed by atoms with Crippen LogP contribution >= 0.6 is 0 Å². The van der Waals surface area contributed by atoms with Crippen LogP contribution in [0.25, 0.3) is 0 Å². The van der Waals surface area contributed by atoms with Gasteiger partial charge in [-0.2, -0.15) is 0 Å². The van der Waals surface area contributed by atoms with Crippen molar-refractivity contribution >= 4 is 5.97 Å². The van der Waals surface area contributed by atoms with E-state index >= 15 is 0 Å². The summed E-state index contributed by atoms with van der Waals surface area (Å²) in [6, 6.07) is 0. The van der Waals surface area contributed by atoms with E-state index in [2.05, 4.69) is 19.6 Å². The fourth-order valence-corrected chi connectivity index (χ4v) is 0.749. The largest absolute Gasteiger partial charge is 0.426 e. The number of hydrogen-bond donors (Lipinski definition) is 0. The van der Waals surface area contributed by atoms with E-state index < -0.39 is 0 Å². The molecule has 0 radical (unpaired) electrons. The standard InChI is InChI=1S/C12H18O2/c1-4-6-10-14-12(13)9-7-8-11(3)5-2/h4,7-8,10-11H,5,9H2,1-3H3. The van der Waals surface area contributed by atoms with Crippen LogP contribution in [0.3, 0.4) is 0 Å². The summed E-state index contributed by atoms with van der Waals surface area (Å²) in [5, 5.41) is 0. The number of ether oxygens (including phenoxy) is 1. The van der Waals surface area contributed by atoms with Crippen LogP contribution in [0.15, 0.2) is 30.2 Å². The second-order valence-electron chi connectivity index (χ2n) is 3.08. The second-order valence-corrected chi connectivity index (χ2v) is 3.08. The number of carbonyl (C=O) groups is 1. The lowest BCUT2D eigenvalue weighted by Crippen LogP contribution is -1.96. The van der Waals surface area contributed by atoms with E-state index in [0.29, 0.717) is 12.3 Å². The van der Waals surface area contributed by atoms with Crippen molar-refractivity contribution in [3.8, 4) is 0 Å². The van der Waals surface area contributed by atoms with Crippen LogP contribution in [-0.4, -0.2) is 5.97 Å². The van der Waals surface area contributed by atoms with Gasteiger partial charge in [0.2, 0.25) is 0 Å². The quantitative estimate of drug-likeness (QED) is 0.291. The molecule has 0 bridgehead atoms. The van der Waals surface area contributed by atoms with Gasteiger partial charge in [-0.1, -0.05) is 38.2 Å². The molecule has 0 spiro atoms. The number of carbonyl (C=O) groups excluding carboxylic acids is 1. The first-order valence-corrected chi connectivity index (χ1v) is 4.92. The lowest BCUT2D eigenvalue weighted by molar-refractivity contribution is -0.136. The molecule has 0 aromatic carbocycles. The Hall–Kier alpha value is -1.27. The molecule has 1 unspecified atom stereocenters. The predicted octanol–water partition coefficient (Wildman–Crippen LogP) is 3.21. The third kappa shape index (κ3) is 7.38. The van der Waals surface area contributed by atoms with E-state index in [1.807, 2.05) is 19.1 Å². The van der Waals surface area contributed by atoms with Gasteiger partial charge < -0.3 is 4.74 Å². The van der Waals surface area contributed by atoms with Gasteiger partial charge in [0.15, 0.2) is 0 Å². The number of rotatable bonds is 5. The van der Waals surface area contributed by atoms with E-state index in [4.69, 9.17) is 4.74 Å². The summed E-state index contributed by atoms with van der Waals surface area (Å²) < 4.78 is 4.74. The van der Waals surface area contributed by atoms with Crippen molar-refractivity contribution in [2.45, 2.75) is 33.6 Å². The molecule has 0 saturated carbocycles. The van der Waals surface area contributed by atoms with Gasteiger partial charge in [0.25, 0.3) is 0 Å². The van der Waals surface area contributed by atoms with E-state index in [9.17, 15) is 4.79 Å². The summed E-state index contributed by atoms with van der Waals surface area (Å²) in [7, 11) is 0. The molecule has 0 N–H and O–H groups in total. The van der Waals surface area contributed by atoms with E-state index in [0.717, 1.165) is 6.42 Å². The first kappa shape index (κ1) is 12.7. The molecule has 0 amide bonds. The molecule has 0 aromatic rings. The Labute approximate surface area is 86.0 Å². The summed E-state index contributed by atoms with van der Waals surface area (Å²) in [5.41, 5.74) is 2.67. The topological polar surface area (TPSA) is 26.3 Å². The first-order chi connectivity index (χ1) is 6.70. The molecular weight excluding hydrogens is 176 g/mol. The van der Waals surface area contributed by atoms with Crippen LogP contribution in [0.5, 0.6) is 0 Å². The molecule has 0 aromatic heterocycles. The lowest BCUT2D eigenvalue weighted by Gasteiger charge is -1.98. The van der Waals surface area contributed by atoms with Crippen LogP contribution in [0.1, 0.15) is 33.6 Å². The number of hydrogen-bond acceptors (Lipinski definition) is 2. The Balaban J connectivity index is 3.74. The van der Waals surface area contributed by atoms with Gasteiger partial charge in [0.1, 0.15) is 6.26 Å². The highest BCUT2D eigenvalue weighted by molar-refractivity contribution is 5.71. The molecule has 14 heavy (non-hydrogen) atoms. The maximum absolute atomic E-state index is 11.0. The van der Waals surface area contributed by atoms with Crippen molar-refractivity contribution in [3.05, 3.63) is 30.2 Å². The second kappa shape index (κ2) is 8.33. The van der Waals surface area contributed by atoms with Crippen molar-refractivity contribution in [2.24, 2.45) is 5.92 Å². The summed E-state index contributed by atoms with van der Waals surface area (Å²) in [6.45, 7) is 6.04. The highest BCUT2D eigenvalue weighted by Crippen LogP contribution is 2.02. The molecule has 0 rings (SSSR count).